The Balaban J connectivity index is 1.69. The molecule has 33 heavy (non-hydrogen) atoms. The van der Waals surface area contributed by atoms with Crippen LogP contribution in [0.3, 0.4) is 0 Å². The van der Waals surface area contributed by atoms with Crippen molar-refractivity contribution in [2.45, 2.75) is 32.3 Å². The molecule has 0 aliphatic rings. The lowest BCUT2D eigenvalue weighted by atomic mass is 10.0. The van der Waals surface area contributed by atoms with E-state index >= 15 is 0 Å². The Morgan fingerprint density at radius 3 is 2.42 bits per heavy atom. The van der Waals surface area contributed by atoms with Crippen LogP contribution in [-0.2, 0) is 16.6 Å². The normalized spacial score (nSPS) is 11.2. The van der Waals surface area contributed by atoms with Crippen LogP contribution in [-0.4, -0.2) is 23.4 Å². The third-order valence-electron chi connectivity index (χ3n) is 5.20. The fourth-order valence-corrected chi connectivity index (χ4v) is 4.13. The second kappa shape index (κ2) is 9.38. The maximum atomic E-state index is 12.9. The highest BCUT2D eigenvalue weighted by molar-refractivity contribution is 7.92. The molecule has 4 rings (SSSR count). The number of benzene rings is 2. The molecule has 0 amide bonds. The van der Waals surface area contributed by atoms with Gasteiger partial charge in [-0.05, 0) is 56.2 Å². The zero-order valence-electron chi connectivity index (χ0n) is 18.6. The highest BCUT2D eigenvalue weighted by Gasteiger charge is 2.20. The number of hydrogen-bond acceptors (Lipinski definition) is 6. The van der Waals surface area contributed by atoms with Gasteiger partial charge in [0.15, 0.2) is 0 Å². The van der Waals surface area contributed by atoms with Crippen LogP contribution >= 0.6 is 0 Å². The van der Waals surface area contributed by atoms with E-state index in [4.69, 9.17) is 4.74 Å². The number of aryl methyl sites for hydroxylation is 3. The molecule has 0 spiro atoms. The van der Waals surface area contributed by atoms with Crippen LogP contribution in [0.15, 0.2) is 78.1 Å². The standard InChI is InChI=1S/C25H24N4O3S/c1-17-6-10-22(11-7-17)33(30,31)29-24-25(32-16-20-5-4-12-26-14-20)28-23(15-27-24)21-9-8-18(2)19(3)13-21/h4-15H,16H2,1-3H3,(H,27,29). The zero-order chi connectivity index (χ0) is 23.4. The topological polar surface area (TPSA) is 94.1 Å². The molecular weight excluding hydrogens is 436 g/mol. The minimum atomic E-state index is -3.87. The molecule has 0 aliphatic heterocycles. The number of aromatic nitrogens is 3. The lowest BCUT2D eigenvalue weighted by Gasteiger charge is -2.14. The van der Waals surface area contributed by atoms with Gasteiger partial charge in [0.1, 0.15) is 6.61 Å². The van der Waals surface area contributed by atoms with E-state index in [0.717, 1.165) is 22.3 Å². The molecule has 1 N–H and O–H groups in total. The number of rotatable bonds is 7. The summed E-state index contributed by atoms with van der Waals surface area (Å²) in [6.07, 6.45) is 4.88. The number of pyridine rings is 1. The van der Waals surface area contributed by atoms with E-state index in [1.54, 1.807) is 42.7 Å². The maximum absolute atomic E-state index is 12.9. The first kappa shape index (κ1) is 22.4. The van der Waals surface area contributed by atoms with Crippen molar-refractivity contribution in [1.29, 1.82) is 0 Å². The zero-order valence-corrected chi connectivity index (χ0v) is 19.4. The van der Waals surface area contributed by atoms with Crippen molar-refractivity contribution >= 4 is 15.8 Å². The first-order valence-corrected chi connectivity index (χ1v) is 11.9. The van der Waals surface area contributed by atoms with Crippen molar-refractivity contribution in [3.63, 3.8) is 0 Å². The van der Waals surface area contributed by atoms with Gasteiger partial charge in [-0.2, -0.15) is 0 Å². The Labute approximate surface area is 193 Å². The van der Waals surface area contributed by atoms with E-state index < -0.39 is 10.0 Å². The molecule has 4 aromatic rings. The van der Waals surface area contributed by atoms with Crippen LogP contribution in [0.4, 0.5) is 5.82 Å². The average molecular weight is 461 g/mol. The van der Waals surface area contributed by atoms with E-state index in [1.165, 1.54) is 11.8 Å². The molecular formula is C25H24N4O3S. The Kier molecular flexibility index (Phi) is 6.37. The van der Waals surface area contributed by atoms with Gasteiger partial charge in [0, 0.05) is 23.5 Å². The van der Waals surface area contributed by atoms with Crippen LogP contribution in [0.5, 0.6) is 5.88 Å². The van der Waals surface area contributed by atoms with Gasteiger partial charge in [0.05, 0.1) is 16.8 Å². The first-order chi connectivity index (χ1) is 15.8. The van der Waals surface area contributed by atoms with Crippen molar-refractivity contribution < 1.29 is 13.2 Å². The fourth-order valence-electron chi connectivity index (χ4n) is 3.12. The van der Waals surface area contributed by atoms with Gasteiger partial charge in [-0.15, -0.1) is 0 Å². The number of hydrogen-bond donors (Lipinski definition) is 1. The van der Waals surface area contributed by atoms with Crippen molar-refractivity contribution in [1.82, 2.24) is 15.0 Å². The summed E-state index contributed by atoms with van der Waals surface area (Å²) in [4.78, 5) is 13.2. The summed E-state index contributed by atoms with van der Waals surface area (Å²) in [5.41, 5.74) is 5.52. The molecule has 7 nitrogen and oxygen atoms in total. The van der Waals surface area contributed by atoms with Crippen molar-refractivity contribution in [3.8, 4) is 17.1 Å². The van der Waals surface area contributed by atoms with Gasteiger partial charge < -0.3 is 4.74 Å². The fraction of sp³-hybridized carbons (Fsp3) is 0.160. The summed E-state index contributed by atoms with van der Waals surface area (Å²) in [5, 5.41) is 0. The summed E-state index contributed by atoms with van der Waals surface area (Å²) in [6, 6.07) is 16.2. The number of sulfonamides is 1. The van der Waals surface area contributed by atoms with Crippen LogP contribution in [0.2, 0.25) is 0 Å². The second-order valence-corrected chi connectivity index (χ2v) is 9.46. The van der Waals surface area contributed by atoms with E-state index in [-0.39, 0.29) is 23.2 Å². The Bertz CT molecular complexity index is 1370. The van der Waals surface area contributed by atoms with Crippen molar-refractivity contribution in [2.24, 2.45) is 0 Å². The van der Waals surface area contributed by atoms with E-state index in [2.05, 4.69) is 19.7 Å². The molecule has 0 atom stereocenters. The monoisotopic (exact) mass is 460 g/mol. The number of nitrogens with one attached hydrogen (secondary N) is 1. The highest BCUT2D eigenvalue weighted by Crippen LogP contribution is 2.28. The van der Waals surface area contributed by atoms with Gasteiger partial charge in [0.25, 0.3) is 15.9 Å². The third-order valence-corrected chi connectivity index (χ3v) is 6.56. The third kappa shape index (κ3) is 5.35. The molecule has 0 aliphatic carbocycles. The maximum Gasteiger partial charge on any atom is 0.263 e. The Hall–Kier alpha value is -3.78. The van der Waals surface area contributed by atoms with E-state index in [9.17, 15) is 8.42 Å². The number of ether oxygens (including phenoxy) is 1. The minimum absolute atomic E-state index is 0.0204. The first-order valence-electron chi connectivity index (χ1n) is 10.4. The summed E-state index contributed by atoms with van der Waals surface area (Å²) in [5.74, 6) is 0.109. The van der Waals surface area contributed by atoms with Crippen molar-refractivity contribution in [2.75, 3.05) is 4.72 Å². The van der Waals surface area contributed by atoms with Gasteiger partial charge in [-0.3, -0.25) is 9.71 Å². The summed E-state index contributed by atoms with van der Waals surface area (Å²) in [7, 11) is -3.87. The Morgan fingerprint density at radius 2 is 1.73 bits per heavy atom. The van der Waals surface area contributed by atoms with Crippen LogP contribution in [0.1, 0.15) is 22.3 Å². The SMILES string of the molecule is Cc1ccc(S(=O)(=O)Nc2ncc(-c3ccc(C)c(C)c3)nc2OCc2cccnc2)cc1. The average Bonchev–Trinajstić information content (AvgIpc) is 2.81. The summed E-state index contributed by atoms with van der Waals surface area (Å²) >= 11 is 0. The molecule has 0 fully saturated rings. The minimum Gasteiger partial charge on any atom is -0.470 e. The molecule has 168 valence electrons. The van der Waals surface area contributed by atoms with Crippen LogP contribution < -0.4 is 9.46 Å². The molecule has 0 saturated carbocycles. The molecule has 0 unspecified atom stereocenters. The number of anilines is 1. The van der Waals surface area contributed by atoms with Gasteiger partial charge >= 0.3 is 0 Å². The van der Waals surface area contributed by atoms with Crippen LogP contribution in [0.25, 0.3) is 11.3 Å². The van der Waals surface area contributed by atoms with Gasteiger partial charge in [-0.1, -0.05) is 35.9 Å². The predicted octanol–water partition coefficient (Wildman–Crippen LogP) is 4.84. The predicted molar refractivity (Wildman–Crippen MR) is 127 cm³/mol. The van der Waals surface area contributed by atoms with E-state index in [0.29, 0.717) is 5.69 Å². The number of nitrogens with zero attached hydrogens (tertiary/aromatic N) is 3. The van der Waals surface area contributed by atoms with Gasteiger partial charge in [0.2, 0.25) is 5.82 Å². The molecule has 8 heteroatoms. The van der Waals surface area contributed by atoms with E-state index in [1.807, 2.05) is 45.0 Å². The largest absolute Gasteiger partial charge is 0.470 e. The molecule has 2 aromatic heterocycles. The Morgan fingerprint density at radius 1 is 0.939 bits per heavy atom. The second-order valence-electron chi connectivity index (χ2n) is 7.78. The smallest absolute Gasteiger partial charge is 0.263 e. The molecule has 0 saturated heterocycles. The summed E-state index contributed by atoms with van der Waals surface area (Å²) < 4.78 is 34.3. The van der Waals surface area contributed by atoms with Gasteiger partial charge in [-0.25, -0.2) is 18.4 Å². The van der Waals surface area contributed by atoms with Crippen LogP contribution in [0, 0.1) is 20.8 Å². The lowest BCUT2D eigenvalue weighted by Crippen LogP contribution is -2.15. The summed E-state index contributed by atoms with van der Waals surface area (Å²) in [6.45, 7) is 6.12. The molecule has 0 bridgehead atoms. The molecule has 0 radical (unpaired) electrons. The highest BCUT2D eigenvalue weighted by atomic mass is 32.2. The quantitative estimate of drug-likeness (QED) is 0.424. The molecule has 2 heterocycles. The lowest BCUT2D eigenvalue weighted by molar-refractivity contribution is 0.294. The molecule has 2 aromatic carbocycles. The van der Waals surface area contributed by atoms with Crippen molar-refractivity contribution in [3.05, 3.63) is 95.4 Å².